The summed E-state index contributed by atoms with van der Waals surface area (Å²) < 4.78 is 39.5. The van der Waals surface area contributed by atoms with E-state index in [0.29, 0.717) is 29.6 Å². The van der Waals surface area contributed by atoms with Gasteiger partial charge in [0, 0.05) is 29.1 Å². The summed E-state index contributed by atoms with van der Waals surface area (Å²) in [4.78, 5) is 26.7. The molecule has 1 aliphatic carbocycles. The van der Waals surface area contributed by atoms with Crippen molar-refractivity contribution in [3.63, 3.8) is 0 Å². The molecular weight excluding hydrogens is 648 g/mol. The standard InChI is InChI=1S/C41H60N2O8/c1-10-32-26(6)25(5)27(7)38(46-32)48-34-23(3)22-24(4)35(37(34)51-41(45)43-31-20-16-13-17-21-31)49-39-29(9)36(28(8)33(11-2)47-39)50-40(44)42-30-18-14-12-15-19-30/h12-21,23-29,32-39H,10-11,22H2,1-9H3,(H,42,44)(H,43,45)/t23-,24+,25+,26+,27?,28-,29?,32?,33?,34+,35?,36?,37?,38-,39-/m1/s1. The third kappa shape index (κ3) is 9.25. The molecule has 2 heterocycles. The van der Waals surface area contributed by atoms with Gasteiger partial charge in [-0.15, -0.1) is 0 Å². The van der Waals surface area contributed by atoms with Crippen molar-refractivity contribution in [2.45, 2.75) is 131 Å². The number of hydrogen-bond acceptors (Lipinski definition) is 8. The molecule has 2 amide bonds. The summed E-state index contributed by atoms with van der Waals surface area (Å²) in [7, 11) is 0. The fraction of sp³-hybridized carbons (Fsp3) is 0.659. The lowest BCUT2D eigenvalue weighted by Crippen LogP contribution is -2.60. The highest BCUT2D eigenvalue weighted by Crippen LogP contribution is 2.43. The summed E-state index contributed by atoms with van der Waals surface area (Å²) in [6.07, 6.45) is -2.35. The Hall–Kier alpha value is -3.18. The van der Waals surface area contributed by atoms with Gasteiger partial charge in [0.2, 0.25) is 0 Å². The van der Waals surface area contributed by atoms with E-state index in [2.05, 4.69) is 59.1 Å². The third-order valence-electron chi connectivity index (χ3n) is 11.8. The molecule has 7 unspecified atom stereocenters. The first-order chi connectivity index (χ1) is 24.4. The van der Waals surface area contributed by atoms with Crippen molar-refractivity contribution in [2.75, 3.05) is 10.6 Å². The van der Waals surface area contributed by atoms with Crippen LogP contribution in [0.4, 0.5) is 21.0 Å². The lowest BCUT2D eigenvalue weighted by atomic mass is 9.76. The predicted octanol–water partition coefficient (Wildman–Crippen LogP) is 9.12. The molecule has 10 heteroatoms. The van der Waals surface area contributed by atoms with Crippen LogP contribution in [0.15, 0.2) is 60.7 Å². The number of carbonyl (C=O) groups excluding carboxylic acids is 2. The molecule has 2 N–H and O–H groups in total. The lowest BCUT2D eigenvalue weighted by Gasteiger charge is -2.50. The van der Waals surface area contributed by atoms with Gasteiger partial charge in [0.15, 0.2) is 18.7 Å². The van der Waals surface area contributed by atoms with E-state index in [1.807, 2.05) is 74.5 Å². The first kappa shape index (κ1) is 39.0. The highest BCUT2D eigenvalue weighted by Gasteiger charge is 2.52. The van der Waals surface area contributed by atoms with Gasteiger partial charge in [0.25, 0.3) is 0 Å². The van der Waals surface area contributed by atoms with Gasteiger partial charge in [0.1, 0.15) is 18.3 Å². The highest BCUT2D eigenvalue weighted by molar-refractivity contribution is 5.85. The molecule has 0 radical (unpaired) electrons. The zero-order valence-electron chi connectivity index (χ0n) is 31.8. The summed E-state index contributed by atoms with van der Waals surface area (Å²) in [6.45, 7) is 19.2. The van der Waals surface area contributed by atoms with Crippen molar-refractivity contribution < 1.29 is 38.0 Å². The number of nitrogens with one attached hydrogen (secondary N) is 2. The zero-order chi connectivity index (χ0) is 36.8. The Morgan fingerprint density at radius 1 is 0.569 bits per heavy atom. The molecule has 3 aliphatic rings. The van der Waals surface area contributed by atoms with Crippen LogP contribution in [0.5, 0.6) is 0 Å². The Labute approximate surface area is 304 Å². The molecule has 2 aromatic rings. The molecule has 3 fully saturated rings. The number of carbonyl (C=O) groups is 2. The molecule has 282 valence electrons. The summed E-state index contributed by atoms with van der Waals surface area (Å²) in [6, 6.07) is 18.5. The largest absolute Gasteiger partial charge is 0.445 e. The molecular formula is C41H60N2O8. The van der Waals surface area contributed by atoms with Gasteiger partial charge in [0.05, 0.1) is 12.2 Å². The van der Waals surface area contributed by atoms with Crippen LogP contribution in [0.1, 0.15) is 81.6 Å². The first-order valence-corrected chi connectivity index (χ1v) is 19.1. The van der Waals surface area contributed by atoms with Crippen molar-refractivity contribution in [3.8, 4) is 0 Å². The van der Waals surface area contributed by atoms with Crippen LogP contribution in [0.3, 0.4) is 0 Å². The number of rotatable bonds is 10. The van der Waals surface area contributed by atoms with Gasteiger partial charge in [-0.25, -0.2) is 9.59 Å². The van der Waals surface area contributed by atoms with E-state index < -0.39 is 49.2 Å². The van der Waals surface area contributed by atoms with Crippen molar-refractivity contribution in [2.24, 2.45) is 41.4 Å². The second-order valence-corrected chi connectivity index (χ2v) is 15.3. The van der Waals surface area contributed by atoms with Crippen LogP contribution in [0, 0.1) is 41.4 Å². The number of amides is 2. The molecule has 0 spiro atoms. The van der Waals surface area contributed by atoms with Crippen molar-refractivity contribution >= 4 is 23.6 Å². The van der Waals surface area contributed by atoms with E-state index in [4.69, 9.17) is 28.4 Å². The molecule has 2 aromatic carbocycles. The Morgan fingerprint density at radius 2 is 1.00 bits per heavy atom. The van der Waals surface area contributed by atoms with E-state index in [9.17, 15) is 9.59 Å². The average Bonchev–Trinajstić information content (AvgIpc) is 3.11. The van der Waals surface area contributed by atoms with Gasteiger partial charge < -0.3 is 28.4 Å². The molecule has 2 saturated heterocycles. The fourth-order valence-electron chi connectivity index (χ4n) is 8.35. The highest BCUT2D eigenvalue weighted by atomic mass is 16.7. The number of anilines is 2. The molecule has 5 rings (SSSR count). The van der Waals surface area contributed by atoms with Crippen LogP contribution in [-0.2, 0) is 28.4 Å². The third-order valence-corrected chi connectivity index (χ3v) is 11.8. The molecule has 0 bridgehead atoms. The van der Waals surface area contributed by atoms with Crippen molar-refractivity contribution in [3.05, 3.63) is 60.7 Å². The maximum atomic E-state index is 13.6. The van der Waals surface area contributed by atoms with Gasteiger partial charge in [-0.05, 0) is 67.2 Å². The topological polar surface area (TPSA) is 114 Å². The normalized spacial score (nSPS) is 38.3. The summed E-state index contributed by atoms with van der Waals surface area (Å²) >= 11 is 0. The molecule has 2 aliphatic heterocycles. The van der Waals surface area contributed by atoms with E-state index in [0.717, 1.165) is 12.8 Å². The van der Waals surface area contributed by atoms with Gasteiger partial charge in [-0.3, -0.25) is 10.6 Å². The minimum Gasteiger partial charge on any atom is -0.445 e. The average molecular weight is 709 g/mol. The van der Waals surface area contributed by atoms with Gasteiger partial charge in [-0.2, -0.15) is 0 Å². The van der Waals surface area contributed by atoms with Gasteiger partial charge in [-0.1, -0.05) is 98.7 Å². The minimum atomic E-state index is -0.769. The maximum absolute atomic E-state index is 13.6. The summed E-state index contributed by atoms with van der Waals surface area (Å²) in [5.41, 5.74) is 1.29. The quantitative estimate of drug-likeness (QED) is 0.251. The number of benzene rings is 2. The maximum Gasteiger partial charge on any atom is 0.412 e. The van der Waals surface area contributed by atoms with E-state index in [-0.39, 0.29) is 41.8 Å². The van der Waals surface area contributed by atoms with Crippen LogP contribution < -0.4 is 10.6 Å². The monoisotopic (exact) mass is 708 g/mol. The van der Waals surface area contributed by atoms with E-state index in [1.165, 1.54) is 0 Å². The van der Waals surface area contributed by atoms with Gasteiger partial charge >= 0.3 is 12.2 Å². The van der Waals surface area contributed by atoms with Crippen LogP contribution in [0.25, 0.3) is 0 Å². The second kappa shape index (κ2) is 17.6. The molecule has 51 heavy (non-hydrogen) atoms. The molecule has 1 saturated carbocycles. The van der Waals surface area contributed by atoms with Crippen molar-refractivity contribution in [1.29, 1.82) is 0 Å². The number of hydrogen-bond donors (Lipinski definition) is 2. The SMILES string of the molecule is CCC1O[C@H](OC2C(OC(=O)Nc3ccccc3)[C@@H](O[C@H]3OC(CC)[C@@H](C)[C@H](C)C3C)[C@H](C)C[C@@H]2C)C(C)C(OC(=O)Nc2ccccc2)[C@@H]1C. The van der Waals surface area contributed by atoms with Crippen LogP contribution in [-0.4, -0.2) is 61.4 Å². The second-order valence-electron chi connectivity index (χ2n) is 15.3. The number of para-hydroxylation sites is 2. The fourth-order valence-corrected chi connectivity index (χ4v) is 8.35. The molecule has 10 nitrogen and oxygen atoms in total. The van der Waals surface area contributed by atoms with Crippen LogP contribution in [0.2, 0.25) is 0 Å². The van der Waals surface area contributed by atoms with Crippen molar-refractivity contribution in [1.82, 2.24) is 0 Å². The Balaban J connectivity index is 1.40. The Bertz CT molecular complexity index is 1390. The molecule has 0 aromatic heterocycles. The minimum absolute atomic E-state index is 0.00242. The zero-order valence-corrected chi connectivity index (χ0v) is 31.8. The van der Waals surface area contributed by atoms with E-state index in [1.54, 1.807) is 0 Å². The predicted molar refractivity (Wildman–Crippen MR) is 197 cm³/mol. The van der Waals surface area contributed by atoms with E-state index >= 15 is 0 Å². The lowest BCUT2D eigenvalue weighted by molar-refractivity contribution is -0.320. The smallest absolute Gasteiger partial charge is 0.412 e. The summed E-state index contributed by atoms with van der Waals surface area (Å²) in [5, 5.41) is 5.73. The number of ether oxygens (including phenoxy) is 6. The Kier molecular flexibility index (Phi) is 13.4. The van der Waals surface area contributed by atoms with Crippen LogP contribution >= 0.6 is 0 Å². The first-order valence-electron chi connectivity index (χ1n) is 19.1. The molecule has 15 atom stereocenters. The Morgan fingerprint density at radius 3 is 1.47 bits per heavy atom. The summed E-state index contributed by atoms with van der Waals surface area (Å²) in [5.74, 6) is 0.584.